The molecule has 1 aromatic carbocycles. The Labute approximate surface area is 190 Å². The second-order valence-corrected chi connectivity index (χ2v) is 11.4. The van der Waals surface area contributed by atoms with E-state index < -0.39 is 14.9 Å². The lowest BCUT2D eigenvalue weighted by molar-refractivity contribution is -0.384. The number of rotatable bonds is 7. The normalized spacial score (nSPS) is 24.4. The van der Waals surface area contributed by atoms with Crippen molar-refractivity contribution in [2.45, 2.75) is 50.3 Å². The van der Waals surface area contributed by atoms with Crippen LogP contribution < -0.4 is 5.32 Å². The summed E-state index contributed by atoms with van der Waals surface area (Å²) >= 11 is 0. The topological polar surface area (TPSA) is 108 Å². The number of sulfonamides is 1. The minimum absolute atomic E-state index is 0.0469. The molecule has 2 aliphatic rings. The van der Waals surface area contributed by atoms with E-state index in [0.29, 0.717) is 38.4 Å². The molecule has 2 saturated heterocycles. The number of likely N-dealkylation sites (N-methyl/N-ethyl adjacent to an activating group) is 1. The fourth-order valence-electron chi connectivity index (χ4n) is 4.25. The monoisotopic (exact) mass is 469 g/mol. The van der Waals surface area contributed by atoms with Crippen molar-refractivity contribution in [1.29, 1.82) is 0 Å². The first kappa shape index (κ1) is 24.8. The van der Waals surface area contributed by atoms with Gasteiger partial charge in [-0.15, -0.1) is 0 Å². The number of nitrogens with one attached hydrogen (secondary N) is 1. The predicted molar refractivity (Wildman–Crippen MR) is 124 cm³/mol. The Morgan fingerprint density at radius 1 is 1.16 bits per heavy atom. The molecule has 10 nitrogen and oxygen atoms in total. The number of anilines is 1. The van der Waals surface area contributed by atoms with Crippen molar-refractivity contribution in [1.82, 2.24) is 14.1 Å². The molecule has 180 valence electrons. The summed E-state index contributed by atoms with van der Waals surface area (Å²) in [6.07, 6.45) is 0.234. The first-order chi connectivity index (χ1) is 14.9. The lowest BCUT2D eigenvalue weighted by atomic mass is 10.00. The molecular formula is C21H35N5O5S. The number of nitrogens with zero attached hydrogens (tertiary/aromatic N) is 4. The van der Waals surface area contributed by atoms with Crippen molar-refractivity contribution in [3.63, 3.8) is 0 Å². The van der Waals surface area contributed by atoms with Crippen molar-refractivity contribution >= 4 is 21.4 Å². The van der Waals surface area contributed by atoms with Gasteiger partial charge in [0, 0.05) is 57.4 Å². The molecule has 1 N–H and O–H groups in total. The summed E-state index contributed by atoms with van der Waals surface area (Å²) in [7, 11) is -1.84. The molecular weight excluding hydrogens is 434 g/mol. The van der Waals surface area contributed by atoms with Gasteiger partial charge in [0.05, 0.1) is 22.0 Å². The van der Waals surface area contributed by atoms with Gasteiger partial charge in [-0.25, -0.2) is 8.42 Å². The molecule has 0 saturated carbocycles. The summed E-state index contributed by atoms with van der Waals surface area (Å²) in [5.41, 5.74) is -0.195. The van der Waals surface area contributed by atoms with Crippen LogP contribution in [0, 0.1) is 10.1 Å². The molecule has 0 radical (unpaired) electrons. The molecule has 1 aromatic rings. The van der Waals surface area contributed by atoms with E-state index in [2.05, 4.69) is 29.0 Å². The smallest absolute Gasteiger partial charge is 0.293 e. The molecule has 3 rings (SSSR count). The van der Waals surface area contributed by atoms with Crippen molar-refractivity contribution in [2.75, 3.05) is 58.2 Å². The quantitative estimate of drug-likeness (QED) is 0.476. The number of benzene rings is 1. The maximum atomic E-state index is 13.0. The predicted octanol–water partition coefficient (Wildman–Crippen LogP) is 1.83. The third-order valence-electron chi connectivity index (χ3n) is 6.25. The fourth-order valence-corrected chi connectivity index (χ4v) is 5.69. The number of morpholine rings is 1. The zero-order valence-electron chi connectivity index (χ0n) is 19.6. The highest BCUT2D eigenvalue weighted by Crippen LogP contribution is 2.30. The number of piperazine rings is 1. The molecule has 2 atom stereocenters. The average Bonchev–Trinajstić information content (AvgIpc) is 2.71. The molecule has 0 aromatic heterocycles. The van der Waals surface area contributed by atoms with E-state index in [4.69, 9.17) is 4.74 Å². The third kappa shape index (κ3) is 5.57. The molecule has 2 heterocycles. The van der Waals surface area contributed by atoms with Gasteiger partial charge in [0.25, 0.3) is 5.69 Å². The average molecular weight is 470 g/mol. The second-order valence-electron chi connectivity index (χ2n) is 9.47. The highest BCUT2D eigenvalue weighted by molar-refractivity contribution is 7.89. The van der Waals surface area contributed by atoms with E-state index in [9.17, 15) is 18.5 Å². The fraction of sp³-hybridized carbons (Fsp3) is 0.714. The van der Waals surface area contributed by atoms with E-state index in [1.54, 1.807) is 0 Å². The van der Waals surface area contributed by atoms with E-state index in [0.717, 1.165) is 13.1 Å². The molecule has 0 spiro atoms. The van der Waals surface area contributed by atoms with Crippen molar-refractivity contribution in [2.24, 2.45) is 0 Å². The summed E-state index contributed by atoms with van der Waals surface area (Å²) < 4.78 is 33.2. The standard InChI is InChI=1S/C21H35N5O5S/c1-16-13-24(14-17(2)31-16)21(3,4)15-22-19-7-6-18(12-20(19)26(27)28)32(29,30)25-10-8-23(5)9-11-25/h6-7,12,16-17,22H,8-11,13-15H2,1-5H3/t16-,17+. The number of ether oxygens (including phenoxy) is 1. The minimum Gasteiger partial charge on any atom is -0.378 e. The van der Waals surface area contributed by atoms with Crippen LogP contribution in [0.25, 0.3) is 0 Å². The molecule has 2 aliphatic heterocycles. The minimum atomic E-state index is -3.78. The van der Waals surface area contributed by atoms with Crippen LogP contribution in [0.1, 0.15) is 27.7 Å². The second kappa shape index (κ2) is 9.60. The van der Waals surface area contributed by atoms with Crippen LogP contribution in [0.15, 0.2) is 23.1 Å². The molecule has 0 unspecified atom stereocenters. The number of hydrogen-bond acceptors (Lipinski definition) is 8. The van der Waals surface area contributed by atoms with Crippen LogP contribution in [-0.4, -0.2) is 98.1 Å². The Hall–Kier alpha value is -1.79. The lowest BCUT2D eigenvalue weighted by Crippen LogP contribution is -2.57. The summed E-state index contributed by atoms with van der Waals surface area (Å²) in [6, 6.07) is 4.12. The largest absolute Gasteiger partial charge is 0.378 e. The van der Waals surface area contributed by atoms with Crippen LogP contribution in [0.3, 0.4) is 0 Å². The zero-order valence-corrected chi connectivity index (χ0v) is 20.4. The van der Waals surface area contributed by atoms with Crippen LogP contribution in [0.2, 0.25) is 0 Å². The Balaban J connectivity index is 1.77. The van der Waals surface area contributed by atoms with Gasteiger partial charge in [0.15, 0.2) is 0 Å². The van der Waals surface area contributed by atoms with Gasteiger partial charge in [-0.05, 0) is 46.9 Å². The van der Waals surface area contributed by atoms with E-state index in [1.807, 2.05) is 20.9 Å². The third-order valence-corrected chi connectivity index (χ3v) is 8.15. The molecule has 0 bridgehead atoms. The summed E-state index contributed by atoms with van der Waals surface area (Å²) in [6.45, 7) is 12.3. The summed E-state index contributed by atoms with van der Waals surface area (Å²) in [4.78, 5) is 15.5. The van der Waals surface area contributed by atoms with Gasteiger partial charge >= 0.3 is 0 Å². The van der Waals surface area contributed by atoms with Crippen molar-refractivity contribution in [3.05, 3.63) is 28.3 Å². The van der Waals surface area contributed by atoms with E-state index in [-0.39, 0.29) is 28.3 Å². The highest BCUT2D eigenvalue weighted by atomic mass is 32.2. The van der Waals surface area contributed by atoms with Gasteiger partial charge in [-0.3, -0.25) is 15.0 Å². The van der Waals surface area contributed by atoms with Gasteiger partial charge in [-0.1, -0.05) is 0 Å². The number of nitro groups is 1. The van der Waals surface area contributed by atoms with Crippen molar-refractivity contribution in [3.8, 4) is 0 Å². The SMILES string of the molecule is C[C@@H]1CN(C(C)(C)CNc2ccc(S(=O)(=O)N3CCN(C)CC3)cc2[N+](=O)[O-])C[C@H](C)O1. The molecule has 0 aliphatic carbocycles. The molecule has 0 amide bonds. The Bertz CT molecular complexity index is 921. The van der Waals surface area contributed by atoms with Crippen LogP contribution in [0.5, 0.6) is 0 Å². The van der Waals surface area contributed by atoms with Crippen molar-refractivity contribution < 1.29 is 18.1 Å². The molecule has 2 fully saturated rings. The van der Waals surface area contributed by atoms with Gasteiger partial charge in [0.2, 0.25) is 10.0 Å². The Kier molecular flexibility index (Phi) is 7.45. The molecule has 32 heavy (non-hydrogen) atoms. The molecule has 11 heteroatoms. The van der Waals surface area contributed by atoms with Gasteiger partial charge in [-0.2, -0.15) is 4.31 Å². The van der Waals surface area contributed by atoms with E-state index >= 15 is 0 Å². The Morgan fingerprint density at radius 2 is 1.75 bits per heavy atom. The van der Waals surface area contributed by atoms with Crippen LogP contribution in [0.4, 0.5) is 11.4 Å². The summed E-state index contributed by atoms with van der Waals surface area (Å²) in [5.74, 6) is 0. The van der Waals surface area contributed by atoms with Gasteiger partial charge < -0.3 is 15.0 Å². The maximum absolute atomic E-state index is 13.0. The first-order valence-corrected chi connectivity index (χ1v) is 12.5. The zero-order chi connectivity index (χ0) is 23.7. The highest BCUT2D eigenvalue weighted by Gasteiger charge is 2.34. The Morgan fingerprint density at radius 3 is 2.31 bits per heavy atom. The first-order valence-electron chi connectivity index (χ1n) is 11.0. The number of hydrogen-bond donors (Lipinski definition) is 1. The van der Waals surface area contributed by atoms with Gasteiger partial charge in [0.1, 0.15) is 5.69 Å². The lowest BCUT2D eigenvalue weighted by Gasteiger charge is -2.45. The van der Waals surface area contributed by atoms with Crippen LogP contribution >= 0.6 is 0 Å². The summed E-state index contributed by atoms with van der Waals surface area (Å²) in [5, 5.41) is 14.9. The van der Waals surface area contributed by atoms with E-state index in [1.165, 1.54) is 22.5 Å². The van der Waals surface area contributed by atoms with Crippen LogP contribution in [-0.2, 0) is 14.8 Å². The number of nitro benzene ring substituents is 1. The maximum Gasteiger partial charge on any atom is 0.293 e.